The van der Waals surface area contributed by atoms with Gasteiger partial charge in [0.05, 0.1) is 36.8 Å². The molecule has 0 spiro atoms. The first-order valence-electron chi connectivity index (χ1n) is 9.81. The van der Waals surface area contributed by atoms with Crippen molar-refractivity contribution in [3.8, 4) is 17.6 Å². The maximum atomic E-state index is 13.7. The van der Waals surface area contributed by atoms with Gasteiger partial charge in [0.2, 0.25) is 10.0 Å². The van der Waals surface area contributed by atoms with Crippen LogP contribution in [0.1, 0.15) is 28.3 Å². The molecule has 3 aromatic carbocycles. The number of rotatable bonds is 5. The van der Waals surface area contributed by atoms with Crippen molar-refractivity contribution in [1.82, 2.24) is 4.31 Å². The number of sulfonamides is 1. The summed E-state index contributed by atoms with van der Waals surface area (Å²) >= 11 is 0. The van der Waals surface area contributed by atoms with Gasteiger partial charge in [0.15, 0.2) is 11.5 Å². The predicted octanol–water partition coefficient (Wildman–Crippen LogP) is 3.91. The van der Waals surface area contributed by atoms with Crippen LogP contribution >= 0.6 is 0 Å². The molecule has 4 rings (SSSR count). The lowest BCUT2D eigenvalue weighted by atomic mass is 9.89. The highest BCUT2D eigenvalue weighted by atomic mass is 32.2. The van der Waals surface area contributed by atoms with E-state index in [1.54, 1.807) is 26.4 Å². The molecule has 1 atom stereocenters. The van der Waals surface area contributed by atoms with Gasteiger partial charge in [-0.05, 0) is 53.4 Å². The quantitative estimate of drug-likeness (QED) is 0.608. The van der Waals surface area contributed by atoms with Crippen molar-refractivity contribution in [2.75, 3.05) is 20.8 Å². The van der Waals surface area contributed by atoms with Gasteiger partial charge < -0.3 is 9.47 Å². The van der Waals surface area contributed by atoms with Crippen molar-refractivity contribution in [2.45, 2.75) is 17.4 Å². The largest absolute Gasteiger partial charge is 0.493 e. The van der Waals surface area contributed by atoms with Crippen LogP contribution in [-0.4, -0.2) is 33.5 Å². The van der Waals surface area contributed by atoms with E-state index in [0.717, 1.165) is 16.7 Å². The van der Waals surface area contributed by atoms with Gasteiger partial charge in [-0.15, -0.1) is 0 Å². The predicted molar refractivity (Wildman–Crippen MR) is 117 cm³/mol. The fourth-order valence-electron chi connectivity index (χ4n) is 4.02. The Labute approximate surface area is 182 Å². The second-order valence-corrected chi connectivity index (χ2v) is 9.12. The van der Waals surface area contributed by atoms with Gasteiger partial charge >= 0.3 is 0 Å². The molecular formula is C24H22N2O4S. The molecule has 1 unspecified atom stereocenters. The van der Waals surface area contributed by atoms with Crippen LogP contribution in [-0.2, 0) is 16.4 Å². The Bertz CT molecular complexity index is 1250. The van der Waals surface area contributed by atoms with E-state index in [0.29, 0.717) is 30.0 Å². The van der Waals surface area contributed by atoms with Gasteiger partial charge in [-0.2, -0.15) is 9.57 Å². The minimum absolute atomic E-state index is 0.108. The van der Waals surface area contributed by atoms with E-state index in [9.17, 15) is 13.7 Å². The zero-order valence-corrected chi connectivity index (χ0v) is 18.1. The number of nitrogens with zero attached hydrogens (tertiary/aromatic N) is 2. The molecule has 7 heteroatoms. The van der Waals surface area contributed by atoms with Crippen LogP contribution in [0.15, 0.2) is 71.6 Å². The zero-order chi connectivity index (χ0) is 22.0. The Kier molecular flexibility index (Phi) is 5.68. The first-order chi connectivity index (χ1) is 15.0. The summed E-state index contributed by atoms with van der Waals surface area (Å²) in [6.45, 7) is 0.307. The summed E-state index contributed by atoms with van der Waals surface area (Å²) in [4.78, 5) is 0.108. The fraction of sp³-hybridized carbons (Fsp3) is 0.208. The van der Waals surface area contributed by atoms with E-state index in [1.807, 2.05) is 48.5 Å². The smallest absolute Gasteiger partial charge is 0.243 e. The normalized spacial score (nSPS) is 16.2. The standard InChI is InChI=1S/C24H22N2O4S/c1-29-22-14-19-11-12-26(31(27,28)20-10-6-7-17(13-20)16-25)24(18-8-4-3-5-9-18)21(19)15-23(22)30-2/h3-10,13-15,24H,11-12H2,1-2H3. The Morgan fingerprint density at radius 1 is 0.968 bits per heavy atom. The summed E-state index contributed by atoms with van der Waals surface area (Å²) in [5.74, 6) is 1.17. The van der Waals surface area contributed by atoms with Crippen molar-refractivity contribution in [1.29, 1.82) is 5.26 Å². The SMILES string of the molecule is COc1cc2c(cc1OC)C(c1ccccc1)N(S(=O)(=O)c1cccc(C#N)c1)CC2. The van der Waals surface area contributed by atoms with Gasteiger partial charge in [-0.1, -0.05) is 36.4 Å². The van der Waals surface area contributed by atoms with E-state index in [1.165, 1.54) is 16.4 Å². The molecule has 0 radical (unpaired) electrons. The van der Waals surface area contributed by atoms with E-state index >= 15 is 0 Å². The highest BCUT2D eigenvalue weighted by Gasteiger charge is 2.38. The first-order valence-corrected chi connectivity index (χ1v) is 11.3. The van der Waals surface area contributed by atoms with Crippen molar-refractivity contribution in [2.24, 2.45) is 0 Å². The van der Waals surface area contributed by atoms with E-state index in [4.69, 9.17) is 9.47 Å². The third kappa shape index (κ3) is 3.76. The van der Waals surface area contributed by atoms with Crippen LogP contribution < -0.4 is 9.47 Å². The van der Waals surface area contributed by atoms with Gasteiger partial charge in [-0.3, -0.25) is 0 Å². The molecule has 1 heterocycles. The number of hydrogen-bond donors (Lipinski definition) is 0. The maximum Gasteiger partial charge on any atom is 0.243 e. The molecule has 0 amide bonds. The first kappa shape index (κ1) is 20.9. The maximum absolute atomic E-state index is 13.7. The Balaban J connectivity index is 1.90. The van der Waals surface area contributed by atoms with Crippen LogP contribution in [0, 0.1) is 11.3 Å². The van der Waals surface area contributed by atoms with Gasteiger partial charge in [0.25, 0.3) is 0 Å². The summed E-state index contributed by atoms with van der Waals surface area (Å²) < 4.78 is 39.8. The Morgan fingerprint density at radius 2 is 1.68 bits per heavy atom. The lowest BCUT2D eigenvalue weighted by molar-refractivity contribution is 0.332. The minimum atomic E-state index is -3.86. The molecule has 0 fully saturated rings. The summed E-state index contributed by atoms with van der Waals surface area (Å²) in [5, 5.41) is 9.22. The summed E-state index contributed by atoms with van der Waals surface area (Å²) in [7, 11) is -0.714. The lowest BCUT2D eigenvalue weighted by Crippen LogP contribution is -2.40. The number of hydrogen-bond acceptors (Lipinski definition) is 5. The van der Waals surface area contributed by atoms with Crippen LogP contribution in [0.25, 0.3) is 0 Å². The summed E-state index contributed by atoms with van der Waals surface area (Å²) in [5.41, 5.74) is 3.04. The third-order valence-electron chi connectivity index (χ3n) is 5.51. The van der Waals surface area contributed by atoms with Crippen LogP contribution in [0.4, 0.5) is 0 Å². The van der Waals surface area contributed by atoms with Crippen molar-refractivity contribution in [3.05, 3.63) is 89.0 Å². The van der Waals surface area contributed by atoms with E-state index in [-0.39, 0.29) is 4.90 Å². The molecule has 6 nitrogen and oxygen atoms in total. The zero-order valence-electron chi connectivity index (χ0n) is 17.3. The molecule has 3 aromatic rings. The average Bonchev–Trinajstić information content (AvgIpc) is 2.82. The number of nitriles is 1. The number of benzene rings is 3. The molecule has 0 bridgehead atoms. The monoisotopic (exact) mass is 434 g/mol. The molecule has 0 aromatic heterocycles. The average molecular weight is 435 g/mol. The highest BCUT2D eigenvalue weighted by molar-refractivity contribution is 7.89. The summed E-state index contributed by atoms with van der Waals surface area (Å²) in [6, 6.07) is 20.9. The molecule has 31 heavy (non-hydrogen) atoms. The van der Waals surface area contributed by atoms with Gasteiger partial charge in [0.1, 0.15) is 0 Å². The molecule has 1 aliphatic rings. The second-order valence-electron chi connectivity index (χ2n) is 7.22. The van der Waals surface area contributed by atoms with Crippen LogP contribution in [0.2, 0.25) is 0 Å². The number of methoxy groups -OCH3 is 2. The van der Waals surface area contributed by atoms with Gasteiger partial charge in [-0.25, -0.2) is 8.42 Å². The van der Waals surface area contributed by atoms with Crippen molar-refractivity contribution in [3.63, 3.8) is 0 Å². The number of ether oxygens (including phenoxy) is 2. The topological polar surface area (TPSA) is 79.6 Å². The molecule has 0 N–H and O–H groups in total. The second kappa shape index (κ2) is 8.42. The highest BCUT2D eigenvalue weighted by Crippen LogP contribution is 2.43. The van der Waals surface area contributed by atoms with Crippen LogP contribution in [0.3, 0.4) is 0 Å². The van der Waals surface area contributed by atoms with E-state index in [2.05, 4.69) is 0 Å². The fourth-order valence-corrected chi connectivity index (χ4v) is 5.67. The third-order valence-corrected chi connectivity index (χ3v) is 7.38. The molecule has 0 saturated heterocycles. The minimum Gasteiger partial charge on any atom is -0.493 e. The lowest BCUT2D eigenvalue weighted by Gasteiger charge is -2.37. The molecule has 158 valence electrons. The molecular weight excluding hydrogens is 412 g/mol. The van der Waals surface area contributed by atoms with Crippen molar-refractivity contribution >= 4 is 10.0 Å². The van der Waals surface area contributed by atoms with Crippen molar-refractivity contribution < 1.29 is 17.9 Å². The molecule has 0 aliphatic carbocycles. The summed E-state index contributed by atoms with van der Waals surface area (Å²) in [6.07, 6.45) is 0.538. The van der Waals surface area contributed by atoms with Crippen LogP contribution in [0.5, 0.6) is 11.5 Å². The number of fused-ring (bicyclic) bond motifs is 1. The van der Waals surface area contributed by atoms with E-state index < -0.39 is 16.1 Å². The molecule has 1 aliphatic heterocycles. The molecule has 0 saturated carbocycles. The Hall–Kier alpha value is -3.34. The van der Waals surface area contributed by atoms with Gasteiger partial charge in [0, 0.05) is 6.54 Å². The Morgan fingerprint density at radius 3 is 2.35 bits per heavy atom.